The number of nitrogens with one attached hydrogen (secondary N) is 2. The van der Waals surface area contributed by atoms with Crippen LogP contribution in [-0.4, -0.2) is 23.1 Å². The fourth-order valence-electron chi connectivity index (χ4n) is 3.93. The van der Waals surface area contributed by atoms with Gasteiger partial charge in [-0.05, 0) is 17.9 Å². The Kier molecular flexibility index (Phi) is 3.27. The van der Waals surface area contributed by atoms with E-state index in [1.807, 2.05) is 30.5 Å². The average Bonchev–Trinajstić information content (AvgIpc) is 2.99. The van der Waals surface area contributed by atoms with Gasteiger partial charge in [0, 0.05) is 40.9 Å². The maximum atomic E-state index is 13.0. The van der Waals surface area contributed by atoms with Crippen molar-refractivity contribution < 1.29 is 9.53 Å². The Morgan fingerprint density at radius 3 is 2.79 bits per heavy atom. The summed E-state index contributed by atoms with van der Waals surface area (Å²) >= 11 is 0. The normalized spacial score (nSPS) is 21.8. The van der Waals surface area contributed by atoms with Gasteiger partial charge in [-0.1, -0.05) is 32.0 Å². The van der Waals surface area contributed by atoms with Crippen LogP contribution >= 0.6 is 0 Å². The van der Waals surface area contributed by atoms with Gasteiger partial charge in [0.15, 0.2) is 11.6 Å². The van der Waals surface area contributed by atoms with Gasteiger partial charge in [-0.2, -0.15) is 5.10 Å². The minimum atomic E-state index is -0.144. The Balaban J connectivity index is 1.93. The van der Waals surface area contributed by atoms with Crippen molar-refractivity contribution in [3.8, 4) is 5.75 Å². The molecule has 0 amide bonds. The Morgan fingerprint density at radius 2 is 2.00 bits per heavy atom. The first kappa shape index (κ1) is 15.0. The molecule has 124 valence electrons. The van der Waals surface area contributed by atoms with Crippen molar-refractivity contribution in [3.05, 3.63) is 52.9 Å². The topological polar surface area (TPSA) is 67.0 Å². The monoisotopic (exact) mass is 323 g/mol. The fourth-order valence-corrected chi connectivity index (χ4v) is 3.93. The molecule has 0 fully saturated rings. The quantitative estimate of drug-likeness (QED) is 0.886. The maximum absolute atomic E-state index is 13.0. The van der Waals surface area contributed by atoms with Crippen molar-refractivity contribution in [1.82, 2.24) is 10.2 Å². The second-order valence-corrected chi connectivity index (χ2v) is 7.32. The highest BCUT2D eigenvalue weighted by Gasteiger charge is 2.42. The van der Waals surface area contributed by atoms with Crippen molar-refractivity contribution in [2.24, 2.45) is 5.41 Å². The van der Waals surface area contributed by atoms with Gasteiger partial charge < -0.3 is 10.1 Å². The zero-order chi connectivity index (χ0) is 16.9. The molecule has 5 nitrogen and oxygen atoms in total. The van der Waals surface area contributed by atoms with Gasteiger partial charge in [-0.15, -0.1) is 0 Å². The lowest BCUT2D eigenvalue weighted by Gasteiger charge is -2.38. The predicted octanol–water partition coefficient (Wildman–Crippen LogP) is 3.62. The van der Waals surface area contributed by atoms with Crippen molar-refractivity contribution in [1.29, 1.82) is 0 Å². The van der Waals surface area contributed by atoms with E-state index in [2.05, 4.69) is 29.4 Å². The van der Waals surface area contributed by atoms with Crippen LogP contribution in [0.2, 0.25) is 0 Å². The summed E-state index contributed by atoms with van der Waals surface area (Å²) in [5.41, 5.74) is 3.80. The van der Waals surface area contributed by atoms with Crippen molar-refractivity contribution in [3.63, 3.8) is 0 Å². The molecular weight excluding hydrogens is 302 g/mol. The highest BCUT2D eigenvalue weighted by molar-refractivity contribution is 6.01. The molecule has 2 N–H and O–H groups in total. The van der Waals surface area contributed by atoms with Crippen LogP contribution in [0.25, 0.3) is 0 Å². The SMILES string of the molecule is COc1ccccc1C1C2=C(CC(C)(C)CC2=O)Nc2n[nH]cc21. The van der Waals surface area contributed by atoms with Crippen LogP contribution in [0.4, 0.5) is 5.82 Å². The van der Waals surface area contributed by atoms with Gasteiger partial charge in [-0.25, -0.2) is 0 Å². The minimum Gasteiger partial charge on any atom is -0.496 e. The number of ketones is 1. The lowest BCUT2D eigenvalue weighted by Crippen LogP contribution is -2.33. The minimum absolute atomic E-state index is 0.0396. The number of rotatable bonds is 2. The van der Waals surface area contributed by atoms with E-state index >= 15 is 0 Å². The van der Waals surface area contributed by atoms with Crippen molar-refractivity contribution in [2.75, 3.05) is 12.4 Å². The van der Waals surface area contributed by atoms with Gasteiger partial charge >= 0.3 is 0 Å². The molecule has 0 saturated carbocycles. The van der Waals surface area contributed by atoms with E-state index < -0.39 is 0 Å². The third kappa shape index (κ3) is 2.23. The third-order valence-electron chi connectivity index (χ3n) is 4.91. The van der Waals surface area contributed by atoms with Gasteiger partial charge in [0.05, 0.1) is 7.11 Å². The summed E-state index contributed by atoms with van der Waals surface area (Å²) < 4.78 is 5.56. The lowest BCUT2D eigenvalue weighted by atomic mass is 9.69. The molecular formula is C19H21N3O2. The van der Waals surface area contributed by atoms with E-state index in [0.717, 1.165) is 40.4 Å². The van der Waals surface area contributed by atoms with Gasteiger partial charge in [0.1, 0.15) is 5.75 Å². The average molecular weight is 323 g/mol. The summed E-state index contributed by atoms with van der Waals surface area (Å²) in [6.45, 7) is 4.27. The van der Waals surface area contributed by atoms with E-state index in [9.17, 15) is 4.79 Å². The molecule has 2 aliphatic rings. The Hall–Kier alpha value is -2.56. The number of para-hydroxylation sites is 1. The molecule has 0 spiro atoms. The van der Waals surface area contributed by atoms with Crippen LogP contribution in [-0.2, 0) is 4.79 Å². The summed E-state index contributed by atoms with van der Waals surface area (Å²) in [7, 11) is 1.66. The highest BCUT2D eigenvalue weighted by atomic mass is 16.5. The van der Waals surface area contributed by atoms with Crippen LogP contribution in [0.5, 0.6) is 5.75 Å². The second-order valence-electron chi connectivity index (χ2n) is 7.32. The molecule has 1 aromatic carbocycles. The molecule has 4 rings (SSSR count). The second kappa shape index (κ2) is 5.23. The zero-order valence-corrected chi connectivity index (χ0v) is 14.1. The smallest absolute Gasteiger partial charge is 0.162 e. The number of hydrogen-bond donors (Lipinski definition) is 2. The fraction of sp³-hybridized carbons (Fsp3) is 0.368. The number of hydrogen-bond acceptors (Lipinski definition) is 4. The standard InChI is InChI=1S/C19H21N3O2/c1-19(2)8-13-17(14(23)9-19)16(12-10-20-22-18(12)21-13)11-6-4-5-7-15(11)24-3/h4-7,10,16H,8-9H2,1-3H3,(H2,20,21,22). The zero-order valence-electron chi connectivity index (χ0n) is 14.1. The molecule has 1 aromatic heterocycles. The number of benzene rings is 1. The molecule has 2 aromatic rings. The first-order valence-corrected chi connectivity index (χ1v) is 8.20. The number of methoxy groups -OCH3 is 1. The molecule has 1 aliphatic carbocycles. The summed E-state index contributed by atoms with van der Waals surface area (Å²) in [5, 5.41) is 10.6. The van der Waals surface area contributed by atoms with Crippen molar-refractivity contribution >= 4 is 11.6 Å². The van der Waals surface area contributed by atoms with E-state index in [1.54, 1.807) is 7.11 Å². The van der Waals surface area contributed by atoms with E-state index in [0.29, 0.717) is 6.42 Å². The molecule has 0 bridgehead atoms. The summed E-state index contributed by atoms with van der Waals surface area (Å²) in [5.74, 6) is 1.66. The summed E-state index contributed by atoms with van der Waals surface area (Å²) in [6.07, 6.45) is 3.27. The number of aromatic nitrogens is 2. The van der Waals surface area contributed by atoms with Gasteiger partial charge in [0.2, 0.25) is 0 Å². The first-order chi connectivity index (χ1) is 11.5. The molecule has 1 aliphatic heterocycles. The largest absolute Gasteiger partial charge is 0.496 e. The number of ether oxygens (including phenoxy) is 1. The van der Waals surface area contributed by atoms with Crippen LogP contribution in [0.3, 0.4) is 0 Å². The van der Waals surface area contributed by atoms with Crippen LogP contribution in [0.15, 0.2) is 41.7 Å². The number of carbonyl (C=O) groups excluding carboxylic acids is 1. The third-order valence-corrected chi connectivity index (χ3v) is 4.91. The predicted molar refractivity (Wildman–Crippen MR) is 92.1 cm³/mol. The Morgan fingerprint density at radius 1 is 1.21 bits per heavy atom. The number of Topliss-reactive ketones (excluding diaryl/α,β-unsaturated/α-hetero) is 1. The molecule has 24 heavy (non-hydrogen) atoms. The lowest BCUT2D eigenvalue weighted by molar-refractivity contribution is -0.118. The molecule has 1 unspecified atom stereocenters. The summed E-state index contributed by atoms with van der Waals surface area (Å²) in [4.78, 5) is 13.0. The van der Waals surface area contributed by atoms with Crippen molar-refractivity contribution in [2.45, 2.75) is 32.6 Å². The number of anilines is 1. The number of aromatic amines is 1. The highest BCUT2D eigenvalue weighted by Crippen LogP contribution is 2.49. The number of allylic oxidation sites excluding steroid dienone is 2. The van der Waals surface area contributed by atoms with Gasteiger partial charge in [0.25, 0.3) is 0 Å². The molecule has 0 saturated heterocycles. The van der Waals surface area contributed by atoms with E-state index in [4.69, 9.17) is 4.74 Å². The van der Waals surface area contributed by atoms with E-state index in [1.165, 1.54) is 0 Å². The van der Waals surface area contributed by atoms with Crippen LogP contribution in [0, 0.1) is 5.41 Å². The molecule has 5 heteroatoms. The first-order valence-electron chi connectivity index (χ1n) is 8.20. The van der Waals surface area contributed by atoms with Crippen LogP contribution < -0.4 is 10.1 Å². The number of fused-ring (bicyclic) bond motifs is 1. The number of nitrogens with zero attached hydrogens (tertiary/aromatic N) is 1. The van der Waals surface area contributed by atoms with Gasteiger partial charge in [-0.3, -0.25) is 9.89 Å². The summed E-state index contributed by atoms with van der Waals surface area (Å²) in [6, 6.07) is 7.90. The maximum Gasteiger partial charge on any atom is 0.162 e. The molecule has 1 atom stereocenters. The number of H-pyrrole nitrogens is 1. The van der Waals surface area contributed by atoms with Crippen LogP contribution in [0.1, 0.15) is 43.7 Å². The molecule has 2 heterocycles. The Bertz CT molecular complexity index is 848. The number of carbonyl (C=O) groups is 1. The Labute approximate surface area is 141 Å². The van der Waals surface area contributed by atoms with E-state index in [-0.39, 0.29) is 17.1 Å². The molecule has 0 radical (unpaired) electrons.